The Bertz CT molecular complexity index is 432. The lowest BCUT2D eigenvalue weighted by Crippen LogP contribution is -2.42. The molecule has 2 rings (SSSR count). The van der Waals surface area contributed by atoms with Crippen LogP contribution < -0.4 is 0 Å². The molecule has 0 N–H and O–H groups in total. The summed E-state index contributed by atoms with van der Waals surface area (Å²) in [4.78, 5) is 15.8. The number of rotatable bonds is 5. The van der Waals surface area contributed by atoms with E-state index in [1.165, 1.54) is 6.92 Å². The van der Waals surface area contributed by atoms with Gasteiger partial charge in [-0.25, -0.2) is 8.42 Å². The van der Waals surface area contributed by atoms with Gasteiger partial charge in [0.05, 0.1) is 24.7 Å². The second-order valence-electron chi connectivity index (χ2n) is 5.58. The van der Waals surface area contributed by atoms with Crippen LogP contribution in [0.4, 0.5) is 0 Å². The quantitative estimate of drug-likeness (QED) is 0.700. The van der Waals surface area contributed by atoms with Gasteiger partial charge in [-0.2, -0.15) is 0 Å². The Labute approximate surface area is 121 Å². The highest BCUT2D eigenvalue weighted by Crippen LogP contribution is 2.18. The van der Waals surface area contributed by atoms with Gasteiger partial charge >= 0.3 is 0 Å². The summed E-state index contributed by atoms with van der Waals surface area (Å²) in [6.07, 6.45) is 1.47. The standard InChI is InChI=1S/C13H24N2O4S/c1-12(16)15(13-3-10-20(17,18)11-13)5-2-4-14-6-8-19-9-7-14/h13H,2-11H2,1H3. The van der Waals surface area contributed by atoms with E-state index in [-0.39, 0.29) is 23.5 Å². The van der Waals surface area contributed by atoms with Gasteiger partial charge < -0.3 is 9.64 Å². The first-order chi connectivity index (χ1) is 9.48. The highest BCUT2D eigenvalue weighted by atomic mass is 32.2. The van der Waals surface area contributed by atoms with Gasteiger partial charge in [0.2, 0.25) is 5.91 Å². The lowest BCUT2D eigenvalue weighted by Gasteiger charge is -2.30. The molecule has 0 aromatic carbocycles. The van der Waals surface area contributed by atoms with E-state index in [0.29, 0.717) is 13.0 Å². The molecular weight excluding hydrogens is 280 g/mol. The Kier molecular flexibility index (Phi) is 5.40. The average Bonchev–Trinajstić information content (AvgIpc) is 2.75. The third-order valence-electron chi connectivity index (χ3n) is 4.03. The number of hydrogen-bond donors (Lipinski definition) is 0. The van der Waals surface area contributed by atoms with Crippen molar-refractivity contribution in [2.75, 3.05) is 50.9 Å². The second-order valence-corrected chi connectivity index (χ2v) is 7.81. The van der Waals surface area contributed by atoms with Crippen LogP contribution in [0, 0.1) is 0 Å². The van der Waals surface area contributed by atoms with Crippen LogP contribution in [0.15, 0.2) is 0 Å². The molecule has 2 fully saturated rings. The predicted octanol–water partition coefficient (Wildman–Crippen LogP) is -0.256. The number of morpholine rings is 1. The largest absolute Gasteiger partial charge is 0.379 e. The first kappa shape index (κ1) is 15.7. The van der Waals surface area contributed by atoms with Gasteiger partial charge in [0.1, 0.15) is 0 Å². The van der Waals surface area contributed by atoms with Crippen molar-refractivity contribution in [3.63, 3.8) is 0 Å². The molecule has 0 spiro atoms. The summed E-state index contributed by atoms with van der Waals surface area (Å²) >= 11 is 0. The summed E-state index contributed by atoms with van der Waals surface area (Å²) in [5, 5.41) is 0. The van der Waals surface area contributed by atoms with Gasteiger partial charge in [-0.15, -0.1) is 0 Å². The summed E-state index contributed by atoms with van der Waals surface area (Å²) in [7, 11) is -2.94. The molecule has 0 bridgehead atoms. The predicted molar refractivity (Wildman–Crippen MR) is 76.3 cm³/mol. The topological polar surface area (TPSA) is 66.9 Å². The van der Waals surface area contributed by atoms with E-state index in [1.807, 2.05) is 0 Å². The average molecular weight is 304 g/mol. The van der Waals surface area contributed by atoms with Crippen LogP contribution in [-0.2, 0) is 19.4 Å². The van der Waals surface area contributed by atoms with E-state index in [2.05, 4.69) is 4.90 Å². The van der Waals surface area contributed by atoms with Crippen LogP contribution in [0.5, 0.6) is 0 Å². The number of carbonyl (C=O) groups is 1. The number of ether oxygens (including phenoxy) is 1. The van der Waals surface area contributed by atoms with Gasteiger partial charge in [-0.3, -0.25) is 9.69 Å². The molecule has 1 unspecified atom stereocenters. The summed E-state index contributed by atoms with van der Waals surface area (Å²) in [6, 6.07) is -0.123. The molecule has 2 heterocycles. The molecule has 20 heavy (non-hydrogen) atoms. The maximum Gasteiger partial charge on any atom is 0.219 e. The van der Waals surface area contributed by atoms with E-state index in [1.54, 1.807) is 4.90 Å². The van der Waals surface area contributed by atoms with E-state index in [4.69, 9.17) is 4.74 Å². The van der Waals surface area contributed by atoms with Crippen LogP contribution in [0.2, 0.25) is 0 Å². The summed E-state index contributed by atoms with van der Waals surface area (Å²) in [5.74, 6) is 0.323. The number of hydrogen-bond acceptors (Lipinski definition) is 5. The molecule has 2 aliphatic rings. The van der Waals surface area contributed by atoms with Gasteiger partial charge in [-0.05, 0) is 12.8 Å². The molecule has 0 aromatic rings. The molecule has 0 aromatic heterocycles. The highest BCUT2D eigenvalue weighted by molar-refractivity contribution is 7.91. The Morgan fingerprint density at radius 1 is 1.35 bits per heavy atom. The zero-order chi connectivity index (χ0) is 14.6. The van der Waals surface area contributed by atoms with Crippen molar-refractivity contribution in [1.82, 2.24) is 9.80 Å². The molecule has 2 saturated heterocycles. The maximum atomic E-state index is 11.7. The molecule has 1 amide bonds. The third-order valence-corrected chi connectivity index (χ3v) is 5.78. The fourth-order valence-electron chi connectivity index (χ4n) is 2.91. The smallest absolute Gasteiger partial charge is 0.219 e. The Morgan fingerprint density at radius 2 is 2.05 bits per heavy atom. The second kappa shape index (κ2) is 6.87. The van der Waals surface area contributed by atoms with Gasteiger partial charge in [-0.1, -0.05) is 0 Å². The van der Waals surface area contributed by atoms with Crippen LogP contribution in [0.3, 0.4) is 0 Å². The van der Waals surface area contributed by atoms with E-state index in [9.17, 15) is 13.2 Å². The van der Waals surface area contributed by atoms with Crippen LogP contribution in [0.25, 0.3) is 0 Å². The number of amides is 1. The highest BCUT2D eigenvalue weighted by Gasteiger charge is 2.33. The number of carbonyl (C=O) groups excluding carboxylic acids is 1. The van der Waals surface area contributed by atoms with Crippen molar-refractivity contribution in [2.24, 2.45) is 0 Å². The first-order valence-electron chi connectivity index (χ1n) is 7.26. The Hall–Kier alpha value is -0.660. The lowest BCUT2D eigenvalue weighted by atomic mass is 10.2. The molecule has 1 atom stereocenters. The van der Waals surface area contributed by atoms with E-state index >= 15 is 0 Å². The van der Waals surface area contributed by atoms with E-state index in [0.717, 1.165) is 39.3 Å². The van der Waals surface area contributed by atoms with Gasteiger partial charge in [0.25, 0.3) is 0 Å². The van der Waals surface area contributed by atoms with Gasteiger partial charge in [0, 0.05) is 39.1 Å². The summed E-state index contributed by atoms with van der Waals surface area (Å²) in [5.41, 5.74) is 0. The van der Waals surface area contributed by atoms with Crippen molar-refractivity contribution in [3.05, 3.63) is 0 Å². The zero-order valence-electron chi connectivity index (χ0n) is 12.1. The molecule has 2 aliphatic heterocycles. The minimum absolute atomic E-state index is 0.0194. The summed E-state index contributed by atoms with van der Waals surface area (Å²) < 4.78 is 28.4. The van der Waals surface area contributed by atoms with E-state index < -0.39 is 9.84 Å². The molecule has 116 valence electrons. The van der Waals surface area contributed by atoms with Crippen LogP contribution >= 0.6 is 0 Å². The maximum absolute atomic E-state index is 11.7. The van der Waals surface area contributed by atoms with Crippen molar-refractivity contribution in [2.45, 2.75) is 25.8 Å². The normalized spacial score (nSPS) is 26.6. The van der Waals surface area contributed by atoms with Crippen LogP contribution in [-0.4, -0.2) is 81.1 Å². The van der Waals surface area contributed by atoms with Crippen molar-refractivity contribution >= 4 is 15.7 Å². The number of nitrogens with zero attached hydrogens (tertiary/aromatic N) is 2. The van der Waals surface area contributed by atoms with Crippen molar-refractivity contribution in [1.29, 1.82) is 0 Å². The fraction of sp³-hybridized carbons (Fsp3) is 0.923. The Balaban J connectivity index is 1.79. The molecular formula is C13H24N2O4S. The Morgan fingerprint density at radius 3 is 2.60 bits per heavy atom. The fourth-order valence-corrected chi connectivity index (χ4v) is 4.64. The minimum Gasteiger partial charge on any atom is -0.379 e. The van der Waals surface area contributed by atoms with Crippen LogP contribution in [0.1, 0.15) is 19.8 Å². The molecule has 0 saturated carbocycles. The molecule has 0 radical (unpaired) electrons. The van der Waals surface area contributed by atoms with Crippen molar-refractivity contribution < 1.29 is 17.9 Å². The zero-order valence-corrected chi connectivity index (χ0v) is 12.9. The lowest BCUT2D eigenvalue weighted by molar-refractivity contribution is -0.130. The first-order valence-corrected chi connectivity index (χ1v) is 9.08. The molecule has 6 nitrogen and oxygen atoms in total. The minimum atomic E-state index is -2.94. The van der Waals surface area contributed by atoms with Crippen molar-refractivity contribution in [3.8, 4) is 0 Å². The molecule has 7 heteroatoms. The summed E-state index contributed by atoms with van der Waals surface area (Å²) in [6.45, 7) is 6.55. The monoisotopic (exact) mass is 304 g/mol. The number of sulfone groups is 1. The molecule has 0 aliphatic carbocycles. The third kappa shape index (κ3) is 4.43. The van der Waals surface area contributed by atoms with Gasteiger partial charge in [0.15, 0.2) is 9.84 Å². The SMILES string of the molecule is CC(=O)N(CCCN1CCOCC1)C1CCS(=O)(=O)C1.